The van der Waals surface area contributed by atoms with Gasteiger partial charge in [-0.3, -0.25) is 0 Å². The lowest BCUT2D eigenvalue weighted by molar-refractivity contribution is 0.762. The molecule has 72 valence electrons. The summed E-state index contributed by atoms with van der Waals surface area (Å²) in [6, 6.07) is 1.76. The van der Waals surface area contributed by atoms with Gasteiger partial charge in [-0.05, 0) is 13.0 Å². The van der Waals surface area contributed by atoms with Crippen LogP contribution in [0.25, 0.3) is 0 Å². The van der Waals surface area contributed by atoms with Crippen LogP contribution in [0.4, 0.5) is 0 Å². The third-order valence-electron chi connectivity index (χ3n) is 1.76. The molecule has 0 aromatic carbocycles. The number of aromatic nitrogens is 4. The lowest BCUT2D eigenvalue weighted by Crippen LogP contribution is -2.01. The van der Waals surface area contributed by atoms with E-state index in [1.807, 2.05) is 17.7 Å². The molecule has 0 N–H and O–H groups in total. The van der Waals surface area contributed by atoms with Crippen molar-refractivity contribution in [1.29, 1.82) is 0 Å². The van der Waals surface area contributed by atoms with Gasteiger partial charge in [-0.25, -0.2) is 15.0 Å². The van der Waals surface area contributed by atoms with Crippen molar-refractivity contribution in [3.8, 4) is 0 Å². The quantitative estimate of drug-likeness (QED) is 0.706. The van der Waals surface area contributed by atoms with E-state index in [-0.39, 0.29) is 0 Å². The van der Waals surface area contributed by atoms with Gasteiger partial charge in [0.25, 0.3) is 0 Å². The van der Waals surface area contributed by atoms with Gasteiger partial charge in [-0.15, -0.1) is 0 Å². The van der Waals surface area contributed by atoms with E-state index in [1.54, 1.807) is 18.6 Å². The minimum atomic E-state index is 0.479. The van der Waals surface area contributed by atoms with Gasteiger partial charge in [-0.2, -0.15) is 0 Å². The van der Waals surface area contributed by atoms with Crippen LogP contribution < -0.4 is 0 Å². The summed E-state index contributed by atoms with van der Waals surface area (Å²) in [6.45, 7) is 2.49. The van der Waals surface area contributed by atoms with Gasteiger partial charge in [0, 0.05) is 12.4 Å². The first kappa shape index (κ1) is 9.15. The molecule has 2 aromatic heterocycles. The minimum absolute atomic E-state index is 0.479. The van der Waals surface area contributed by atoms with Crippen LogP contribution in [0.15, 0.2) is 24.8 Å². The van der Waals surface area contributed by atoms with Crippen molar-refractivity contribution < 1.29 is 0 Å². The van der Waals surface area contributed by atoms with E-state index in [9.17, 15) is 0 Å². The summed E-state index contributed by atoms with van der Waals surface area (Å²) < 4.78 is 1.93. The SMILES string of the molecule is Cc1nc(Cl)cc(Cn2ccnc2)n1. The van der Waals surface area contributed by atoms with Crippen LogP contribution in [0.1, 0.15) is 11.5 Å². The minimum Gasteiger partial charge on any atom is -0.331 e. The maximum Gasteiger partial charge on any atom is 0.133 e. The molecule has 0 unspecified atom stereocenters. The Morgan fingerprint density at radius 3 is 2.93 bits per heavy atom. The zero-order valence-corrected chi connectivity index (χ0v) is 8.44. The number of nitrogens with zero attached hydrogens (tertiary/aromatic N) is 4. The van der Waals surface area contributed by atoms with Crippen molar-refractivity contribution in [3.05, 3.63) is 41.5 Å². The van der Waals surface area contributed by atoms with Crippen molar-refractivity contribution in [2.75, 3.05) is 0 Å². The molecule has 4 nitrogen and oxygen atoms in total. The van der Waals surface area contributed by atoms with Crippen LogP contribution in [-0.2, 0) is 6.54 Å². The first-order valence-corrected chi connectivity index (χ1v) is 4.57. The summed E-state index contributed by atoms with van der Waals surface area (Å²) in [5, 5.41) is 0.479. The molecule has 0 radical (unpaired) electrons. The molecular weight excluding hydrogens is 200 g/mol. The van der Waals surface area contributed by atoms with Crippen LogP contribution in [0.5, 0.6) is 0 Å². The monoisotopic (exact) mass is 208 g/mol. The maximum absolute atomic E-state index is 5.81. The predicted molar refractivity (Wildman–Crippen MR) is 53.1 cm³/mol. The van der Waals surface area contributed by atoms with E-state index in [2.05, 4.69) is 15.0 Å². The average Bonchev–Trinajstić information content (AvgIpc) is 2.54. The second-order valence-corrected chi connectivity index (χ2v) is 3.35. The molecular formula is C9H9ClN4. The Labute approximate surface area is 86.6 Å². The molecule has 0 amide bonds. The summed E-state index contributed by atoms with van der Waals surface area (Å²) in [5.74, 6) is 0.688. The molecule has 0 spiro atoms. The first-order valence-electron chi connectivity index (χ1n) is 4.20. The molecule has 14 heavy (non-hydrogen) atoms. The number of aryl methyl sites for hydroxylation is 1. The van der Waals surface area contributed by atoms with E-state index < -0.39 is 0 Å². The Kier molecular flexibility index (Phi) is 2.45. The third-order valence-corrected chi connectivity index (χ3v) is 1.96. The topological polar surface area (TPSA) is 43.6 Å². The van der Waals surface area contributed by atoms with Crippen LogP contribution in [0, 0.1) is 6.92 Å². The van der Waals surface area contributed by atoms with E-state index in [4.69, 9.17) is 11.6 Å². The Morgan fingerprint density at radius 2 is 2.29 bits per heavy atom. The maximum atomic E-state index is 5.81. The molecule has 2 rings (SSSR count). The third kappa shape index (κ3) is 2.09. The van der Waals surface area contributed by atoms with Gasteiger partial charge in [0.05, 0.1) is 18.6 Å². The Balaban J connectivity index is 2.25. The molecule has 2 heterocycles. The van der Waals surface area contributed by atoms with E-state index in [0.717, 1.165) is 5.69 Å². The highest BCUT2D eigenvalue weighted by molar-refractivity contribution is 6.29. The predicted octanol–water partition coefficient (Wildman–Crippen LogP) is 1.68. The van der Waals surface area contributed by atoms with Gasteiger partial charge >= 0.3 is 0 Å². The lowest BCUT2D eigenvalue weighted by atomic mass is 10.4. The smallest absolute Gasteiger partial charge is 0.133 e. The normalized spacial score (nSPS) is 10.4. The Hall–Kier alpha value is -1.42. The van der Waals surface area contributed by atoms with Crippen LogP contribution >= 0.6 is 11.6 Å². The molecule has 2 aromatic rings. The van der Waals surface area contributed by atoms with Gasteiger partial charge < -0.3 is 4.57 Å². The molecule has 0 aliphatic carbocycles. The van der Waals surface area contributed by atoms with Gasteiger partial charge in [0.15, 0.2) is 0 Å². The summed E-state index contributed by atoms with van der Waals surface area (Å²) in [6.07, 6.45) is 5.35. The van der Waals surface area contributed by atoms with Crippen molar-refractivity contribution >= 4 is 11.6 Å². The van der Waals surface area contributed by atoms with E-state index in [1.165, 1.54) is 0 Å². The molecule has 0 saturated carbocycles. The molecule has 0 bridgehead atoms. The summed E-state index contributed by atoms with van der Waals surface area (Å²) in [4.78, 5) is 12.2. The zero-order valence-electron chi connectivity index (χ0n) is 7.68. The fraction of sp³-hybridized carbons (Fsp3) is 0.222. The van der Waals surface area contributed by atoms with Crippen molar-refractivity contribution in [1.82, 2.24) is 19.5 Å². The number of hydrogen-bond acceptors (Lipinski definition) is 3. The lowest BCUT2D eigenvalue weighted by Gasteiger charge is -2.02. The number of hydrogen-bond donors (Lipinski definition) is 0. The van der Waals surface area contributed by atoms with E-state index in [0.29, 0.717) is 17.5 Å². The number of rotatable bonds is 2. The Bertz CT molecular complexity index is 404. The van der Waals surface area contributed by atoms with Crippen molar-refractivity contribution in [3.63, 3.8) is 0 Å². The number of imidazole rings is 1. The zero-order chi connectivity index (χ0) is 9.97. The van der Waals surface area contributed by atoms with Crippen LogP contribution in [0.3, 0.4) is 0 Å². The van der Waals surface area contributed by atoms with Crippen molar-refractivity contribution in [2.24, 2.45) is 0 Å². The summed E-state index contributed by atoms with van der Waals surface area (Å²) in [7, 11) is 0. The summed E-state index contributed by atoms with van der Waals surface area (Å²) in [5.41, 5.74) is 0.889. The molecule has 0 aliphatic rings. The van der Waals surface area contributed by atoms with E-state index >= 15 is 0 Å². The standard InChI is InChI=1S/C9H9ClN4/c1-7-12-8(4-9(10)13-7)5-14-3-2-11-6-14/h2-4,6H,5H2,1H3. The molecule has 5 heteroatoms. The second kappa shape index (κ2) is 3.75. The Morgan fingerprint density at radius 1 is 1.43 bits per heavy atom. The summed E-state index contributed by atoms with van der Waals surface area (Å²) >= 11 is 5.81. The van der Waals surface area contributed by atoms with Gasteiger partial charge in [0.2, 0.25) is 0 Å². The largest absolute Gasteiger partial charge is 0.331 e. The molecule has 0 saturated heterocycles. The highest BCUT2D eigenvalue weighted by atomic mass is 35.5. The molecule has 0 atom stereocenters. The highest BCUT2D eigenvalue weighted by Gasteiger charge is 2.00. The molecule has 0 aliphatic heterocycles. The van der Waals surface area contributed by atoms with Gasteiger partial charge in [-0.1, -0.05) is 11.6 Å². The van der Waals surface area contributed by atoms with Crippen LogP contribution in [0.2, 0.25) is 5.15 Å². The van der Waals surface area contributed by atoms with Crippen LogP contribution in [-0.4, -0.2) is 19.5 Å². The number of halogens is 1. The fourth-order valence-corrected chi connectivity index (χ4v) is 1.49. The average molecular weight is 209 g/mol. The first-order chi connectivity index (χ1) is 6.74. The van der Waals surface area contributed by atoms with Crippen molar-refractivity contribution in [2.45, 2.75) is 13.5 Å². The van der Waals surface area contributed by atoms with Gasteiger partial charge in [0.1, 0.15) is 11.0 Å². The second-order valence-electron chi connectivity index (χ2n) is 2.96. The molecule has 0 fully saturated rings. The fourth-order valence-electron chi connectivity index (χ4n) is 1.24. The highest BCUT2D eigenvalue weighted by Crippen LogP contribution is 2.07.